The number of rotatable bonds is 5. The van der Waals surface area contributed by atoms with Gasteiger partial charge in [0.15, 0.2) is 0 Å². The van der Waals surface area contributed by atoms with Gasteiger partial charge in [0, 0.05) is 34.7 Å². The van der Waals surface area contributed by atoms with Crippen molar-refractivity contribution in [3.05, 3.63) is 33.8 Å². The molecular formula is C16H23N3O3S2. The molecular weight excluding hydrogens is 346 g/mol. The summed E-state index contributed by atoms with van der Waals surface area (Å²) in [5, 5.41) is 4.28. The average Bonchev–Trinajstić information content (AvgIpc) is 3.14. The van der Waals surface area contributed by atoms with Crippen molar-refractivity contribution in [3.63, 3.8) is 0 Å². The van der Waals surface area contributed by atoms with E-state index in [-0.39, 0.29) is 12.1 Å². The minimum atomic E-state index is -3.56. The molecule has 3 heterocycles. The summed E-state index contributed by atoms with van der Waals surface area (Å²) in [6.07, 6.45) is 4.99. The first-order valence-electron chi connectivity index (χ1n) is 8.14. The van der Waals surface area contributed by atoms with E-state index in [1.165, 1.54) is 11.3 Å². The minimum Gasteiger partial charge on any atom is -0.372 e. The SMILES string of the molecule is CCn1cc([C@H]2OCCC[C@@H]2NS(=O)(=O)c2cc(C)sc2C)cn1. The Morgan fingerprint density at radius 3 is 2.88 bits per heavy atom. The number of ether oxygens (including phenoxy) is 1. The van der Waals surface area contributed by atoms with Crippen molar-refractivity contribution in [3.8, 4) is 0 Å². The van der Waals surface area contributed by atoms with Crippen LogP contribution in [-0.4, -0.2) is 30.8 Å². The van der Waals surface area contributed by atoms with E-state index in [1.54, 1.807) is 12.3 Å². The molecule has 1 N–H and O–H groups in total. The molecule has 6 nitrogen and oxygen atoms in total. The molecule has 1 saturated heterocycles. The van der Waals surface area contributed by atoms with Gasteiger partial charge in [-0.2, -0.15) is 5.10 Å². The normalized spacial score (nSPS) is 22.0. The smallest absolute Gasteiger partial charge is 0.242 e. The number of aromatic nitrogens is 2. The van der Waals surface area contributed by atoms with Crippen molar-refractivity contribution in [2.45, 2.75) is 57.2 Å². The van der Waals surface area contributed by atoms with Crippen LogP contribution in [0.5, 0.6) is 0 Å². The molecule has 24 heavy (non-hydrogen) atoms. The lowest BCUT2D eigenvalue weighted by Gasteiger charge is -2.31. The summed E-state index contributed by atoms with van der Waals surface area (Å²) in [4.78, 5) is 2.18. The summed E-state index contributed by atoms with van der Waals surface area (Å²) in [5.74, 6) is 0. The third-order valence-electron chi connectivity index (χ3n) is 4.22. The Labute approximate surface area is 146 Å². The first-order valence-corrected chi connectivity index (χ1v) is 10.4. The number of thiophene rings is 1. The second kappa shape index (κ2) is 6.95. The van der Waals surface area contributed by atoms with Crippen LogP contribution in [0, 0.1) is 13.8 Å². The molecule has 0 aromatic carbocycles. The molecule has 1 aliphatic rings. The van der Waals surface area contributed by atoms with Crippen molar-refractivity contribution in [1.82, 2.24) is 14.5 Å². The maximum absolute atomic E-state index is 12.8. The van der Waals surface area contributed by atoms with Gasteiger partial charge in [-0.3, -0.25) is 4.68 Å². The minimum absolute atomic E-state index is 0.280. The Balaban J connectivity index is 1.84. The maximum atomic E-state index is 12.8. The predicted octanol–water partition coefficient (Wildman–Crippen LogP) is 2.78. The van der Waals surface area contributed by atoms with Gasteiger partial charge in [0.25, 0.3) is 0 Å². The van der Waals surface area contributed by atoms with Gasteiger partial charge < -0.3 is 4.74 Å². The predicted molar refractivity (Wildman–Crippen MR) is 93.7 cm³/mol. The van der Waals surface area contributed by atoms with Gasteiger partial charge in [0.2, 0.25) is 10.0 Å². The van der Waals surface area contributed by atoms with Crippen LogP contribution < -0.4 is 4.72 Å². The summed E-state index contributed by atoms with van der Waals surface area (Å²) in [7, 11) is -3.56. The Morgan fingerprint density at radius 1 is 1.46 bits per heavy atom. The van der Waals surface area contributed by atoms with Crippen LogP contribution in [0.25, 0.3) is 0 Å². The van der Waals surface area contributed by atoms with E-state index in [9.17, 15) is 8.42 Å². The molecule has 2 aromatic heterocycles. The number of nitrogens with zero attached hydrogens (tertiary/aromatic N) is 2. The van der Waals surface area contributed by atoms with E-state index >= 15 is 0 Å². The molecule has 3 rings (SSSR count). The van der Waals surface area contributed by atoms with Gasteiger partial charge in [-0.1, -0.05) is 0 Å². The number of hydrogen-bond donors (Lipinski definition) is 1. The zero-order valence-electron chi connectivity index (χ0n) is 14.2. The zero-order valence-corrected chi connectivity index (χ0v) is 15.8. The molecule has 0 saturated carbocycles. The molecule has 0 spiro atoms. The van der Waals surface area contributed by atoms with E-state index < -0.39 is 10.0 Å². The monoisotopic (exact) mass is 369 g/mol. The molecule has 0 unspecified atom stereocenters. The van der Waals surface area contributed by atoms with Crippen molar-refractivity contribution in [1.29, 1.82) is 0 Å². The molecule has 0 radical (unpaired) electrons. The van der Waals surface area contributed by atoms with Gasteiger partial charge in [-0.15, -0.1) is 11.3 Å². The average molecular weight is 370 g/mol. The summed E-state index contributed by atoms with van der Waals surface area (Å²) in [5.41, 5.74) is 0.919. The lowest BCUT2D eigenvalue weighted by atomic mass is 9.99. The van der Waals surface area contributed by atoms with E-state index in [1.807, 2.05) is 31.6 Å². The van der Waals surface area contributed by atoms with Crippen LogP contribution in [-0.2, 0) is 21.3 Å². The fraction of sp³-hybridized carbons (Fsp3) is 0.562. The lowest BCUT2D eigenvalue weighted by molar-refractivity contribution is -0.00447. The van der Waals surface area contributed by atoms with Crippen molar-refractivity contribution < 1.29 is 13.2 Å². The zero-order chi connectivity index (χ0) is 17.3. The van der Waals surface area contributed by atoms with Gasteiger partial charge in [0.1, 0.15) is 6.10 Å². The second-order valence-corrected chi connectivity index (χ2v) is 9.21. The van der Waals surface area contributed by atoms with Crippen molar-refractivity contribution in [2.24, 2.45) is 0 Å². The Kier molecular flexibility index (Phi) is 5.10. The molecule has 2 atom stereocenters. The van der Waals surface area contributed by atoms with Crippen molar-refractivity contribution in [2.75, 3.05) is 6.61 Å². The summed E-state index contributed by atoms with van der Waals surface area (Å²) >= 11 is 1.50. The molecule has 0 bridgehead atoms. The number of aryl methyl sites for hydroxylation is 3. The van der Waals surface area contributed by atoms with Gasteiger partial charge in [-0.05, 0) is 39.7 Å². The number of nitrogens with one attached hydrogen (secondary N) is 1. The summed E-state index contributed by atoms with van der Waals surface area (Å²) in [6, 6.07) is 1.45. The van der Waals surface area contributed by atoms with Crippen LogP contribution in [0.3, 0.4) is 0 Å². The standard InChI is InChI=1S/C16H23N3O3S2/c1-4-19-10-13(9-17-19)16-14(6-5-7-22-16)18-24(20,21)15-8-11(2)23-12(15)3/h8-10,14,16,18H,4-7H2,1-3H3/t14-,16+/m0/s1. The van der Waals surface area contributed by atoms with Crippen LogP contribution >= 0.6 is 11.3 Å². The molecule has 0 aliphatic carbocycles. The quantitative estimate of drug-likeness (QED) is 0.879. The van der Waals surface area contributed by atoms with Gasteiger partial charge in [0.05, 0.1) is 17.1 Å². The summed E-state index contributed by atoms with van der Waals surface area (Å²) in [6.45, 7) is 7.18. The van der Waals surface area contributed by atoms with E-state index in [0.29, 0.717) is 11.5 Å². The van der Waals surface area contributed by atoms with E-state index in [4.69, 9.17) is 4.74 Å². The molecule has 0 amide bonds. The summed E-state index contributed by atoms with van der Waals surface area (Å²) < 4.78 is 36.1. The number of sulfonamides is 1. The highest BCUT2D eigenvalue weighted by Crippen LogP contribution is 2.31. The van der Waals surface area contributed by atoms with Crippen molar-refractivity contribution >= 4 is 21.4 Å². The second-order valence-electron chi connectivity index (χ2n) is 6.07. The Bertz CT molecular complexity index is 810. The Hall–Kier alpha value is -1.22. The highest BCUT2D eigenvalue weighted by atomic mass is 32.2. The molecule has 2 aromatic rings. The molecule has 8 heteroatoms. The lowest BCUT2D eigenvalue weighted by Crippen LogP contribution is -2.42. The van der Waals surface area contributed by atoms with E-state index in [0.717, 1.165) is 34.7 Å². The van der Waals surface area contributed by atoms with Gasteiger partial charge in [-0.25, -0.2) is 13.1 Å². The van der Waals surface area contributed by atoms with Gasteiger partial charge >= 0.3 is 0 Å². The topological polar surface area (TPSA) is 73.2 Å². The Morgan fingerprint density at radius 2 is 2.25 bits per heavy atom. The highest BCUT2D eigenvalue weighted by molar-refractivity contribution is 7.89. The van der Waals surface area contributed by atoms with Crippen LogP contribution in [0.15, 0.2) is 23.4 Å². The first kappa shape index (κ1) is 17.6. The van der Waals surface area contributed by atoms with Crippen LogP contribution in [0.1, 0.15) is 41.2 Å². The maximum Gasteiger partial charge on any atom is 0.242 e. The molecule has 1 fully saturated rings. The fourth-order valence-corrected chi connectivity index (χ4v) is 5.89. The third kappa shape index (κ3) is 3.56. The highest BCUT2D eigenvalue weighted by Gasteiger charge is 2.33. The third-order valence-corrected chi connectivity index (χ3v) is 6.93. The van der Waals surface area contributed by atoms with E-state index in [2.05, 4.69) is 9.82 Å². The number of hydrogen-bond acceptors (Lipinski definition) is 5. The fourth-order valence-electron chi connectivity index (χ4n) is 3.07. The molecule has 132 valence electrons. The first-order chi connectivity index (χ1) is 11.4. The molecule has 1 aliphatic heterocycles. The largest absolute Gasteiger partial charge is 0.372 e. The van der Waals surface area contributed by atoms with Crippen LogP contribution in [0.4, 0.5) is 0 Å². The van der Waals surface area contributed by atoms with Crippen LogP contribution in [0.2, 0.25) is 0 Å².